The number of methoxy groups -OCH3 is 1. The summed E-state index contributed by atoms with van der Waals surface area (Å²) < 4.78 is 16.3. The number of rotatable bonds is 7. The van der Waals surface area contributed by atoms with Crippen molar-refractivity contribution >= 4 is 29.9 Å². The van der Waals surface area contributed by atoms with Crippen molar-refractivity contribution in [1.29, 1.82) is 0 Å². The zero-order valence-corrected chi connectivity index (χ0v) is 18.9. The lowest BCUT2D eigenvalue weighted by Crippen LogP contribution is -2.48. The zero-order chi connectivity index (χ0) is 19.0. The van der Waals surface area contributed by atoms with Crippen LogP contribution in [-0.2, 0) is 16.7 Å². The molecule has 2 heterocycles. The Bertz CT molecular complexity index is 711. The Balaban J connectivity index is 0.00000280. The standard InChI is InChI=1S/C21H29N3O3.HI/c1-3-22-20(23-15-19-5-4-12-27-19)24-16-21(10-13-26-14-11-21)17-6-8-18(25-2)9-7-17;/h4-9,12H,3,10-11,13-16H2,1-2H3,(H2,22,23,24);1H. The smallest absolute Gasteiger partial charge is 0.191 e. The van der Waals surface area contributed by atoms with Gasteiger partial charge in [0.05, 0.1) is 13.4 Å². The Morgan fingerprint density at radius 1 is 1.14 bits per heavy atom. The largest absolute Gasteiger partial charge is 0.497 e. The van der Waals surface area contributed by atoms with Crippen molar-refractivity contribution in [2.45, 2.75) is 31.7 Å². The van der Waals surface area contributed by atoms with Crippen LogP contribution in [0.2, 0.25) is 0 Å². The minimum atomic E-state index is 0. The molecule has 1 aliphatic heterocycles. The summed E-state index contributed by atoms with van der Waals surface area (Å²) in [6.45, 7) is 5.73. The van der Waals surface area contributed by atoms with Gasteiger partial charge in [-0.2, -0.15) is 0 Å². The summed E-state index contributed by atoms with van der Waals surface area (Å²) in [6, 6.07) is 12.2. The minimum Gasteiger partial charge on any atom is -0.497 e. The summed E-state index contributed by atoms with van der Waals surface area (Å²) in [5.74, 6) is 2.53. The van der Waals surface area contributed by atoms with Crippen molar-refractivity contribution in [3.63, 3.8) is 0 Å². The van der Waals surface area contributed by atoms with E-state index < -0.39 is 0 Å². The summed E-state index contributed by atoms with van der Waals surface area (Å²) >= 11 is 0. The number of hydrogen-bond acceptors (Lipinski definition) is 4. The van der Waals surface area contributed by atoms with Gasteiger partial charge in [0.1, 0.15) is 18.1 Å². The molecule has 28 heavy (non-hydrogen) atoms. The highest BCUT2D eigenvalue weighted by molar-refractivity contribution is 14.0. The molecule has 2 aromatic rings. The summed E-state index contributed by atoms with van der Waals surface area (Å²) in [7, 11) is 1.69. The lowest BCUT2D eigenvalue weighted by molar-refractivity contribution is 0.0513. The third-order valence-electron chi connectivity index (χ3n) is 5.06. The average molecular weight is 499 g/mol. The third-order valence-corrected chi connectivity index (χ3v) is 5.06. The first-order valence-electron chi connectivity index (χ1n) is 9.52. The molecule has 0 bridgehead atoms. The van der Waals surface area contributed by atoms with Crippen LogP contribution in [0.15, 0.2) is 52.1 Å². The molecule has 6 nitrogen and oxygen atoms in total. The van der Waals surface area contributed by atoms with Crippen LogP contribution in [0.5, 0.6) is 5.75 Å². The van der Waals surface area contributed by atoms with E-state index in [1.165, 1.54) is 5.56 Å². The first-order valence-corrected chi connectivity index (χ1v) is 9.52. The molecule has 0 spiro atoms. The van der Waals surface area contributed by atoms with Crippen molar-refractivity contribution in [2.75, 3.05) is 33.4 Å². The van der Waals surface area contributed by atoms with Crippen LogP contribution in [0.4, 0.5) is 0 Å². The van der Waals surface area contributed by atoms with Crippen LogP contribution >= 0.6 is 24.0 Å². The highest BCUT2D eigenvalue weighted by Crippen LogP contribution is 2.35. The van der Waals surface area contributed by atoms with Crippen molar-refractivity contribution < 1.29 is 13.9 Å². The lowest BCUT2D eigenvalue weighted by atomic mass is 9.74. The predicted octanol–water partition coefficient (Wildman–Crippen LogP) is 3.71. The fourth-order valence-corrected chi connectivity index (χ4v) is 3.43. The van der Waals surface area contributed by atoms with E-state index in [4.69, 9.17) is 13.9 Å². The van der Waals surface area contributed by atoms with Crippen molar-refractivity contribution in [3.8, 4) is 5.75 Å². The van der Waals surface area contributed by atoms with E-state index in [2.05, 4.69) is 34.7 Å². The van der Waals surface area contributed by atoms with E-state index in [0.29, 0.717) is 6.54 Å². The fraction of sp³-hybridized carbons (Fsp3) is 0.476. The van der Waals surface area contributed by atoms with E-state index in [-0.39, 0.29) is 29.4 Å². The minimum absolute atomic E-state index is 0. The van der Waals surface area contributed by atoms with Crippen molar-refractivity contribution in [3.05, 3.63) is 54.0 Å². The molecule has 1 fully saturated rings. The van der Waals surface area contributed by atoms with Crippen LogP contribution in [-0.4, -0.2) is 39.4 Å². The van der Waals surface area contributed by atoms with Crippen LogP contribution in [0.25, 0.3) is 0 Å². The van der Waals surface area contributed by atoms with Gasteiger partial charge >= 0.3 is 0 Å². The van der Waals surface area contributed by atoms with Crippen molar-refractivity contribution in [2.24, 2.45) is 4.99 Å². The maximum Gasteiger partial charge on any atom is 0.191 e. The maximum absolute atomic E-state index is 5.63. The number of guanidine groups is 1. The number of hydrogen-bond donors (Lipinski definition) is 2. The molecule has 0 aliphatic carbocycles. The quantitative estimate of drug-likeness (QED) is 0.346. The molecule has 3 rings (SSSR count). The molecule has 1 aromatic heterocycles. The fourth-order valence-electron chi connectivity index (χ4n) is 3.43. The van der Waals surface area contributed by atoms with E-state index in [9.17, 15) is 0 Å². The Morgan fingerprint density at radius 3 is 2.50 bits per heavy atom. The summed E-state index contributed by atoms with van der Waals surface area (Å²) in [5.41, 5.74) is 1.33. The van der Waals surface area contributed by atoms with Crippen molar-refractivity contribution in [1.82, 2.24) is 10.6 Å². The molecule has 1 aromatic carbocycles. The first-order chi connectivity index (χ1) is 13.3. The molecule has 0 atom stereocenters. The van der Waals surface area contributed by atoms with Gasteiger partial charge in [-0.15, -0.1) is 24.0 Å². The molecule has 0 radical (unpaired) electrons. The molecule has 0 amide bonds. The molecule has 1 aliphatic rings. The second-order valence-corrected chi connectivity index (χ2v) is 6.75. The van der Waals surface area contributed by atoms with E-state index in [1.54, 1.807) is 13.4 Å². The highest BCUT2D eigenvalue weighted by Gasteiger charge is 2.34. The van der Waals surface area contributed by atoms with Gasteiger partial charge in [0.25, 0.3) is 0 Å². The summed E-state index contributed by atoms with van der Waals surface area (Å²) in [6.07, 6.45) is 3.62. The number of nitrogens with zero attached hydrogens (tertiary/aromatic N) is 1. The molecule has 154 valence electrons. The van der Waals surface area contributed by atoms with E-state index in [1.807, 2.05) is 24.3 Å². The lowest BCUT2D eigenvalue weighted by Gasteiger charge is -2.38. The number of ether oxygens (including phenoxy) is 2. The van der Waals surface area contributed by atoms with E-state index in [0.717, 1.165) is 56.6 Å². The number of nitrogens with one attached hydrogen (secondary N) is 2. The summed E-state index contributed by atoms with van der Waals surface area (Å²) in [5, 5.41) is 6.85. The van der Waals surface area contributed by atoms with Crippen LogP contribution < -0.4 is 15.4 Å². The molecular weight excluding hydrogens is 469 g/mol. The Kier molecular flexibility index (Phi) is 9.11. The molecule has 1 saturated heterocycles. The number of halogens is 1. The van der Waals surface area contributed by atoms with Gasteiger partial charge < -0.3 is 24.5 Å². The van der Waals surface area contributed by atoms with E-state index >= 15 is 0 Å². The van der Waals surface area contributed by atoms with Crippen LogP contribution in [0.3, 0.4) is 0 Å². The third kappa shape index (κ3) is 5.88. The average Bonchev–Trinajstić information content (AvgIpc) is 3.24. The first kappa shape index (κ1) is 22.5. The Morgan fingerprint density at radius 2 is 1.89 bits per heavy atom. The Hall–Kier alpha value is -1.74. The second-order valence-electron chi connectivity index (χ2n) is 6.75. The van der Waals surface area contributed by atoms with Crippen LogP contribution in [0, 0.1) is 0 Å². The zero-order valence-electron chi connectivity index (χ0n) is 16.6. The SMILES string of the molecule is CCNC(=NCc1ccco1)NCC1(c2ccc(OC)cc2)CCOCC1.I. The van der Waals surface area contributed by atoms with Gasteiger partial charge in [-0.25, -0.2) is 4.99 Å². The van der Waals surface area contributed by atoms with Gasteiger partial charge in [0.2, 0.25) is 0 Å². The molecule has 2 N–H and O–H groups in total. The normalized spacial score (nSPS) is 16.1. The van der Waals surface area contributed by atoms with Gasteiger partial charge in [0, 0.05) is 31.7 Å². The second kappa shape index (κ2) is 11.3. The van der Waals surface area contributed by atoms with Gasteiger partial charge in [-0.05, 0) is 49.6 Å². The predicted molar refractivity (Wildman–Crippen MR) is 122 cm³/mol. The molecule has 0 saturated carbocycles. The monoisotopic (exact) mass is 499 g/mol. The number of furan rings is 1. The highest BCUT2D eigenvalue weighted by atomic mass is 127. The number of benzene rings is 1. The Labute approximate surface area is 184 Å². The molecule has 7 heteroatoms. The topological polar surface area (TPSA) is 68.0 Å². The molecule has 0 unspecified atom stereocenters. The van der Waals surface area contributed by atoms with Gasteiger partial charge in [0.15, 0.2) is 5.96 Å². The van der Waals surface area contributed by atoms with Gasteiger partial charge in [-0.1, -0.05) is 12.1 Å². The maximum atomic E-state index is 5.63. The molecular formula is C21H30IN3O3. The number of aliphatic imine (C=N–C) groups is 1. The summed E-state index contributed by atoms with van der Waals surface area (Å²) in [4.78, 5) is 4.64. The van der Waals surface area contributed by atoms with Gasteiger partial charge in [-0.3, -0.25) is 0 Å². The van der Waals surface area contributed by atoms with Crippen LogP contribution in [0.1, 0.15) is 31.1 Å².